The monoisotopic (exact) mass is 323 g/mol. The van der Waals surface area contributed by atoms with E-state index in [0.717, 1.165) is 33.4 Å². The summed E-state index contributed by atoms with van der Waals surface area (Å²) in [6.45, 7) is 0. The van der Waals surface area contributed by atoms with E-state index in [2.05, 4.69) is 66.5 Å². The lowest BCUT2D eigenvalue weighted by Crippen LogP contribution is -1.93. The van der Waals surface area contributed by atoms with E-state index in [-0.39, 0.29) is 0 Å². The Kier molecular flexibility index (Phi) is 2.29. The number of hydrogen-bond donors (Lipinski definition) is 1. The van der Waals surface area contributed by atoms with E-state index in [1.165, 1.54) is 10.8 Å². The zero-order chi connectivity index (χ0) is 16.4. The molecule has 0 aliphatic heterocycles. The number of aromatic nitrogens is 5. The SMILES string of the molecule is c1ccc(-n2c3cnccc3n3cc4[nH]c5cnccc5c4c23)cc1. The highest BCUT2D eigenvalue weighted by molar-refractivity contribution is 6.16. The average molecular weight is 323 g/mol. The van der Waals surface area contributed by atoms with E-state index in [9.17, 15) is 0 Å². The first kappa shape index (κ1) is 12.8. The zero-order valence-corrected chi connectivity index (χ0v) is 13.2. The Hall–Kier alpha value is -3.60. The molecule has 1 N–H and O–H groups in total. The molecular weight excluding hydrogens is 310 g/mol. The molecule has 0 aliphatic carbocycles. The number of benzene rings is 1. The van der Waals surface area contributed by atoms with Gasteiger partial charge in [-0.15, -0.1) is 0 Å². The molecule has 0 spiro atoms. The molecule has 0 saturated heterocycles. The van der Waals surface area contributed by atoms with Crippen molar-refractivity contribution in [2.45, 2.75) is 0 Å². The summed E-state index contributed by atoms with van der Waals surface area (Å²) in [6.07, 6.45) is 9.65. The maximum Gasteiger partial charge on any atom is 0.132 e. The Balaban J connectivity index is 1.93. The maximum absolute atomic E-state index is 4.35. The van der Waals surface area contributed by atoms with Crippen LogP contribution in [0.1, 0.15) is 0 Å². The van der Waals surface area contributed by atoms with Crippen molar-refractivity contribution in [1.29, 1.82) is 0 Å². The average Bonchev–Trinajstić information content (AvgIpc) is 3.29. The van der Waals surface area contributed by atoms with Crippen molar-refractivity contribution in [3.8, 4) is 5.69 Å². The molecule has 6 aromatic rings. The molecule has 0 aliphatic rings. The fourth-order valence-electron chi connectivity index (χ4n) is 3.82. The van der Waals surface area contributed by atoms with Gasteiger partial charge in [-0.3, -0.25) is 18.9 Å². The highest BCUT2D eigenvalue weighted by Crippen LogP contribution is 2.35. The summed E-state index contributed by atoms with van der Waals surface area (Å²) in [4.78, 5) is 12.1. The van der Waals surface area contributed by atoms with Crippen molar-refractivity contribution in [2.24, 2.45) is 0 Å². The number of hydrogen-bond acceptors (Lipinski definition) is 2. The third-order valence-electron chi connectivity index (χ3n) is 4.84. The van der Waals surface area contributed by atoms with E-state index in [1.807, 2.05) is 30.9 Å². The van der Waals surface area contributed by atoms with Gasteiger partial charge in [-0.2, -0.15) is 0 Å². The molecule has 5 nitrogen and oxygen atoms in total. The smallest absolute Gasteiger partial charge is 0.132 e. The number of aromatic amines is 1. The topological polar surface area (TPSA) is 50.9 Å². The Bertz CT molecular complexity index is 1390. The normalized spacial score (nSPS) is 12.0. The van der Waals surface area contributed by atoms with Crippen LogP contribution in [0.25, 0.3) is 44.2 Å². The van der Waals surface area contributed by atoms with Crippen molar-refractivity contribution in [3.63, 3.8) is 0 Å². The third-order valence-corrected chi connectivity index (χ3v) is 4.84. The molecule has 0 atom stereocenters. The Labute approximate surface area is 142 Å². The molecular formula is C20H13N5. The van der Waals surface area contributed by atoms with Crippen molar-refractivity contribution in [1.82, 2.24) is 23.9 Å². The molecule has 0 bridgehead atoms. The summed E-state index contributed by atoms with van der Waals surface area (Å²) in [7, 11) is 0. The summed E-state index contributed by atoms with van der Waals surface area (Å²) < 4.78 is 4.52. The summed E-state index contributed by atoms with van der Waals surface area (Å²) in [5, 5.41) is 2.39. The Morgan fingerprint density at radius 2 is 1.64 bits per heavy atom. The number of para-hydroxylation sites is 1. The molecule has 118 valence electrons. The number of nitrogens with one attached hydrogen (secondary N) is 1. The second-order valence-electron chi connectivity index (χ2n) is 6.19. The van der Waals surface area contributed by atoms with Gasteiger partial charge in [-0.1, -0.05) is 18.2 Å². The molecule has 0 fully saturated rings. The van der Waals surface area contributed by atoms with Gasteiger partial charge in [-0.25, -0.2) is 0 Å². The molecule has 25 heavy (non-hydrogen) atoms. The summed E-state index contributed by atoms with van der Waals surface area (Å²) in [5.74, 6) is 0. The summed E-state index contributed by atoms with van der Waals surface area (Å²) in [5.41, 5.74) is 6.66. The standard InChI is InChI=1S/C20H13N5/c1-2-4-13(5-3-1)25-18-11-22-9-7-17(18)24-12-16-19(20(24)25)14-6-8-21-10-15(14)23-16/h1-12,23H. The first-order chi connectivity index (χ1) is 12.4. The van der Waals surface area contributed by atoms with Crippen LogP contribution < -0.4 is 0 Å². The van der Waals surface area contributed by atoms with Crippen LogP contribution >= 0.6 is 0 Å². The lowest BCUT2D eigenvalue weighted by atomic mass is 10.2. The maximum atomic E-state index is 4.35. The predicted molar refractivity (Wildman–Crippen MR) is 99.2 cm³/mol. The van der Waals surface area contributed by atoms with Gasteiger partial charge in [0, 0.05) is 29.7 Å². The molecule has 6 rings (SSSR count). The van der Waals surface area contributed by atoms with Gasteiger partial charge >= 0.3 is 0 Å². The van der Waals surface area contributed by atoms with Gasteiger partial charge in [0.2, 0.25) is 0 Å². The molecule has 5 heterocycles. The van der Waals surface area contributed by atoms with Gasteiger partial charge in [0.1, 0.15) is 5.65 Å². The number of rotatable bonds is 1. The Morgan fingerprint density at radius 1 is 0.800 bits per heavy atom. The van der Waals surface area contributed by atoms with Crippen LogP contribution in [0, 0.1) is 0 Å². The molecule has 0 amide bonds. The van der Waals surface area contributed by atoms with Crippen LogP contribution in [0.2, 0.25) is 0 Å². The van der Waals surface area contributed by atoms with Crippen molar-refractivity contribution in [2.75, 3.05) is 0 Å². The third kappa shape index (κ3) is 1.57. The Morgan fingerprint density at radius 3 is 2.56 bits per heavy atom. The van der Waals surface area contributed by atoms with Gasteiger partial charge in [-0.05, 0) is 24.3 Å². The van der Waals surface area contributed by atoms with E-state index >= 15 is 0 Å². The molecule has 1 aromatic carbocycles. The van der Waals surface area contributed by atoms with E-state index in [0.29, 0.717) is 0 Å². The molecule has 0 unspecified atom stereocenters. The highest BCUT2D eigenvalue weighted by atomic mass is 15.1. The van der Waals surface area contributed by atoms with E-state index in [1.54, 1.807) is 0 Å². The second kappa shape index (κ2) is 4.48. The molecule has 5 heteroatoms. The predicted octanol–water partition coefficient (Wildman–Crippen LogP) is 4.31. The van der Waals surface area contributed by atoms with E-state index < -0.39 is 0 Å². The van der Waals surface area contributed by atoms with Crippen molar-refractivity contribution < 1.29 is 0 Å². The number of H-pyrrole nitrogens is 1. The quantitative estimate of drug-likeness (QED) is 0.490. The highest BCUT2D eigenvalue weighted by Gasteiger charge is 2.19. The minimum absolute atomic E-state index is 1.05. The lowest BCUT2D eigenvalue weighted by molar-refractivity contribution is 1.14. The number of nitrogens with zero attached hydrogens (tertiary/aromatic N) is 4. The molecule has 0 radical (unpaired) electrons. The van der Waals surface area contributed by atoms with Crippen LogP contribution in [0.3, 0.4) is 0 Å². The van der Waals surface area contributed by atoms with Gasteiger partial charge in [0.05, 0.1) is 39.8 Å². The number of imidazole rings is 1. The van der Waals surface area contributed by atoms with Gasteiger partial charge < -0.3 is 4.98 Å². The minimum atomic E-state index is 1.05. The van der Waals surface area contributed by atoms with Crippen molar-refractivity contribution >= 4 is 38.5 Å². The number of pyridine rings is 2. The van der Waals surface area contributed by atoms with Crippen LogP contribution in [0.5, 0.6) is 0 Å². The van der Waals surface area contributed by atoms with Crippen LogP contribution in [0.4, 0.5) is 0 Å². The fourth-order valence-corrected chi connectivity index (χ4v) is 3.82. The number of fused-ring (bicyclic) bond motifs is 7. The fraction of sp³-hybridized carbons (Fsp3) is 0. The largest absolute Gasteiger partial charge is 0.352 e. The second-order valence-corrected chi connectivity index (χ2v) is 6.19. The first-order valence-electron chi connectivity index (χ1n) is 8.18. The van der Waals surface area contributed by atoms with Crippen molar-refractivity contribution in [3.05, 3.63) is 73.4 Å². The van der Waals surface area contributed by atoms with Crippen LogP contribution in [0.15, 0.2) is 73.4 Å². The zero-order valence-electron chi connectivity index (χ0n) is 13.2. The summed E-state index contributed by atoms with van der Waals surface area (Å²) in [6, 6.07) is 14.5. The minimum Gasteiger partial charge on any atom is -0.352 e. The summed E-state index contributed by atoms with van der Waals surface area (Å²) >= 11 is 0. The van der Waals surface area contributed by atoms with Crippen LogP contribution in [-0.2, 0) is 0 Å². The van der Waals surface area contributed by atoms with Gasteiger partial charge in [0.15, 0.2) is 0 Å². The van der Waals surface area contributed by atoms with E-state index in [4.69, 9.17) is 0 Å². The van der Waals surface area contributed by atoms with Crippen LogP contribution in [-0.4, -0.2) is 23.9 Å². The first-order valence-corrected chi connectivity index (χ1v) is 8.18. The molecule has 5 aromatic heterocycles. The van der Waals surface area contributed by atoms with Gasteiger partial charge in [0.25, 0.3) is 0 Å². The molecule has 0 saturated carbocycles. The lowest BCUT2D eigenvalue weighted by Gasteiger charge is -2.05.